The summed E-state index contributed by atoms with van der Waals surface area (Å²) in [6, 6.07) is 0. The SMILES string of the molecule is CCc1cnc(CN(C)C(=O)CC(C)C2CCNCC2)s1. The zero-order chi connectivity index (χ0) is 15.2. The largest absolute Gasteiger partial charge is 0.339 e. The van der Waals surface area contributed by atoms with E-state index in [-0.39, 0.29) is 5.91 Å². The Labute approximate surface area is 132 Å². The predicted octanol–water partition coefficient (Wildman–Crippen LogP) is 2.69. The highest BCUT2D eigenvalue weighted by molar-refractivity contribution is 7.11. The summed E-state index contributed by atoms with van der Waals surface area (Å²) >= 11 is 1.71. The lowest BCUT2D eigenvalue weighted by Gasteiger charge is -2.29. The third-order valence-electron chi connectivity index (χ3n) is 4.43. The number of aromatic nitrogens is 1. The van der Waals surface area contributed by atoms with Crippen molar-refractivity contribution in [3.63, 3.8) is 0 Å². The molecule has 1 aliphatic rings. The van der Waals surface area contributed by atoms with Crippen LogP contribution in [0, 0.1) is 11.8 Å². The Kier molecular flexibility index (Phi) is 6.18. The van der Waals surface area contributed by atoms with Gasteiger partial charge in [0.05, 0.1) is 6.54 Å². The van der Waals surface area contributed by atoms with Gasteiger partial charge in [-0.05, 0) is 44.2 Å². The second-order valence-corrected chi connectivity index (χ2v) is 7.29. The number of nitrogens with one attached hydrogen (secondary N) is 1. The Morgan fingerprint density at radius 1 is 1.52 bits per heavy atom. The van der Waals surface area contributed by atoms with Crippen molar-refractivity contribution in [2.45, 2.75) is 46.1 Å². The van der Waals surface area contributed by atoms with Gasteiger partial charge in [0.2, 0.25) is 5.91 Å². The van der Waals surface area contributed by atoms with Gasteiger partial charge >= 0.3 is 0 Å². The van der Waals surface area contributed by atoms with Crippen molar-refractivity contribution in [3.05, 3.63) is 16.1 Å². The van der Waals surface area contributed by atoms with Crippen molar-refractivity contribution in [2.75, 3.05) is 20.1 Å². The summed E-state index contributed by atoms with van der Waals surface area (Å²) in [6.45, 7) is 7.19. The molecule has 0 radical (unpaired) electrons. The summed E-state index contributed by atoms with van der Waals surface area (Å²) in [6.07, 6.45) is 6.00. The van der Waals surface area contributed by atoms with Crippen LogP contribution in [-0.2, 0) is 17.8 Å². The topological polar surface area (TPSA) is 45.2 Å². The maximum atomic E-state index is 12.4. The number of piperidine rings is 1. The van der Waals surface area contributed by atoms with Crippen LogP contribution in [0.4, 0.5) is 0 Å². The van der Waals surface area contributed by atoms with E-state index in [1.54, 1.807) is 11.3 Å². The molecule has 1 unspecified atom stereocenters. The van der Waals surface area contributed by atoms with E-state index in [1.165, 1.54) is 17.7 Å². The number of carbonyl (C=O) groups excluding carboxylic acids is 1. The van der Waals surface area contributed by atoms with Gasteiger partial charge in [0.1, 0.15) is 5.01 Å². The zero-order valence-corrected chi connectivity index (χ0v) is 14.2. The molecule has 21 heavy (non-hydrogen) atoms. The van der Waals surface area contributed by atoms with E-state index in [0.717, 1.165) is 24.5 Å². The fourth-order valence-electron chi connectivity index (χ4n) is 2.89. The maximum absolute atomic E-state index is 12.4. The van der Waals surface area contributed by atoms with Crippen molar-refractivity contribution in [1.82, 2.24) is 15.2 Å². The first-order chi connectivity index (χ1) is 10.1. The van der Waals surface area contributed by atoms with Gasteiger partial charge in [-0.25, -0.2) is 4.98 Å². The minimum absolute atomic E-state index is 0.245. The van der Waals surface area contributed by atoms with Gasteiger partial charge in [-0.3, -0.25) is 4.79 Å². The summed E-state index contributed by atoms with van der Waals surface area (Å²) < 4.78 is 0. The Balaban J connectivity index is 1.81. The molecule has 1 atom stereocenters. The van der Waals surface area contributed by atoms with E-state index in [2.05, 4.69) is 24.1 Å². The van der Waals surface area contributed by atoms with Gasteiger partial charge in [-0.2, -0.15) is 0 Å². The van der Waals surface area contributed by atoms with Crippen LogP contribution in [0.3, 0.4) is 0 Å². The average molecular weight is 309 g/mol. The Hall–Kier alpha value is -0.940. The van der Waals surface area contributed by atoms with Gasteiger partial charge in [0.25, 0.3) is 0 Å². The van der Waals surface area contributed by atoms with Crippen LogP contribution in [0.25, 0.3) is 0 Å². The van der Waals surface area contributed by atoms with E-state index in [1.807, 2.05) is 18.1 Å². The molecule has 1 aliphatic heterocycles. The lowest BCUT2D eigenvalue weighted by atomic mass is 9.84. The molecular weight excluding hydrogens is 282 g/mol. The third kappa shape index (κ3) is 4.78. The second kappa shape index (κ2) is 7.90. The summed E-state index contributed by atoms with van der Waals surface area (Å²) in [7, 11) is 1.89. The standard InChI is InChI=1S/C16H27N3OS/c1-4-14-10-18-15(21-14)11-19(3)16(20)9-12(2)13-5-7-17-8-6-13/h10,12-13,17H,4-9,11H2,1-3H3. The van der Waals surface area contributed by atoms with Crippen LogP contribution >= 0.6 is 11.3 Å². The number of aryl methyl sites for hydroxylation is 1. The number of amides is 1. The summed E-state index contributed by atoms with van der Waals surface area (Å²) in [5.41, 5.74) is 0. The molecule has 2 rings (SSSR count). The van der Waals surface area contributed by atoms with Crippen molar-refractivity contribution in [1.29, 1.82) is 0 Å². The number of thiazole rings is 1. The zero-order valence-electron chi connectivity index (χ0n) is 13.4. The van der Waals surface area contributed by atoms with Gasteiger partial charge in [-0.1, -0.05) is 13.8 Å². The van der Waals surface area contributed by atoms with E-state index >= 15 is 0 Å². The van der Waals surface area contributed by atoms with E-state index in [4.69, 9.17) is 0 Å². The molecule has 118 valence electrons. The summed E-state index contributed by atoms with van der Waals surface area (Å²) in [4.78, 5) is 19.9. The first-order valence-electron chi connectivity index (χ1n) is 7.98. The highest BCUT2D eigenvalue weighted by Gasteiger charge is 2.23. The fraction of sp³-hybridized carbons (Fsp3) is 0.750. The summed E-state index contributed by atoms with van der Waals surface area (Å²) in [5, 5.41) is 4.42. The molecule has 5 heteroatoms. The Bertz CT molecular complexity index is 454. The highest BCUT2D eigenvalue weighted by atomic mass is 32.1. The van der Waals surface area contributed by atoms with Gasteiger partial charge < -0.3 is 10.2 Å². The maximum Gasteiger partial charge on any atom is 0.222 e. The first kappa shape index (κ1) is 16.4. The van der Waals surface area contributed by atoms with Gasteiger partial charge in [0, 0.05) is 24.5 Å². The monoisotopic (exact) mass is 309 g/mol. The Morgan fingerprint density at radius 3 is 2.86 bits per heavy atom. The third-order valence-corrected chi connectivity index (χ3v) is 5.56. The normalized spacial score (nSPS) is 17.7. The molecule has 4 nitrogen and oxygen atoms in total. The van der Waals surface area contributed by atoms with Crippen LogP contribution in [0.5, 0.6) is 0 Å². The minimum atomic E-state index is 0.245. The van der Waals surface area contributed by atoms with E-state index < -0.39 is 0 Å². The number of rotatable bonds is 6. The molecule has 2 heterocycles. The van der Waals surface area contributed by atoms with Crippen molar-refractivity contribution < 1.29 is 4.79 Å². The molecule has 0 aliphatic carbocycles. The Morgan fingerprint density at radius 2 is 2.24 bits per heavy atom. The van der Waals surface area contributed by atoms with Crippen LogP contribution in [0.1, 0.15) is 43.0 Å². The highest BCUT2D eigenvalue weighted by Crippen LogP contribution is 2.25. The number of carbonyl (C=O) groups is 1. The lowest BCUT2D eigenvalue weighted by molar-refractivity contribution is -0.131. The van der Waals surface area contributed by atoms with Crippen LogP contribution < -0.4 is 5.32 Å². The van der Waals surface area contributed by atoms with Crippen LogP contribution in [0.15, 0.2) is 6.20 Å². The van der Waals surface area contributed by atoms with Crippen molar-refractivity contribution in [2.24, 2.45) is 11.8 Å². The van der Waals surface area contributed by atoms with Crippen LogP contribution in [-0.4, -0.2) is 35.9 Å². The first-order valence-corrected chi connectivity index (χ1v) is 8.80. The number of nitrogens with zero attached hydrogens (tertiary/aromatic N) is 2. The molecule has 0 aromatic carbocycles. The van der Waals surface area contributed by atoms with Gasteiger partial charge in [0.15, 0.2) is 0 Å². The molecule has 1 aromatic heterocycles. The van der Waals surface area contributed by atoms with Crippen molar-refractivity contribution in [3.8, 4) is 0 Å². The molecule has 0 saturated carbocycles. The quantitative estimate of drug-likeness (QED) is 0.879. The molecule has 0 spiro atoms. The molecule has 1 aromatic rings. The molecule has 1 saturated heterocycles. The summed E-state index contributed by atoms with van der Waals surface area (Å²) in [5.74, 6) is 1.41. The van der Waals surface area contributed by atoms with Gasteiger partial charge in [-0.15, -0.1) is 11.3 Å². The molecule has 0 bridgehead atoms. The van der Waals surface area contributed by atoms with E-state index in [9.17, 15) is 4.79 Å². The minimum Gasteiger partial charge on any atom is -0.339 e. The average Bonchev–Trinajstić information content (AvgIpc) is 2.95. The number of hydrogen-bond donors (Lipinski definition) is 1. The smallest absolute Gasteiger partial charge is 0.222 e. The molecule has 1 fully saturated rings. The van der Waals surface area contributed by atoms with E-state index in [0.29, 0.717) is 24.8 Å². The molecule has 1 amide bonds. The molecule has 1 N–H and O–H groups in total. The second-order valence-electron chi connectivity index (χ2n) is 6.09. The molecular formula is C16H27N3OS. The lowest BCUT2D eigenvalue weighted by Crippen LogP contribution is -2.34. The fourth-order valence-corrected chi connectivity index (χ4v) is 3.80. The predicted molar refractivity (Wildman–Crippen MR) is 87.3 cm³/mol. The van der Waals surface area contributed by atoms with Crippen molar-refractivity contribution >= 4 is 17.2 Å². The van der Waals surface area contributed by atoms with Crippen LogP contribution in [0.2, 0.25) is 0 Å². The number of hydrogen-bond acceptors (Lipinski definition) is 4.